The van der Waals surface area contributed by atoms with Crippen LogP contribution in [0, 0.1) is 0 Å². The van der Waals surface area contributed by atoms with E-state index in [-0.39, 0.29) is 30.4 Å². The first-order valence-corrected chi connectivity index (χ1v) is 8.17. The number of hydrazone groups is 1. The molecular formula is C19H18N4O3. The maximum atomic E-state index is 12.5. The highest BCUT2D eigenvalue weighted by Crippen LogP contribution is 2.20. The molecule has 1 aliphatic rings. The predicted octanol–water partition coefficient (Wildman–Crippen LogP) is 2.17. The molecule has 132 valence electrons. The minimum Gasteiger partial charge on any atom is -0.355 e. The number of para-hydroxylation sites is 1. The van der Waals surface area contributed by atoms with Crippen LogP contribution in [-0.2, 0) is 9.59 Å². The zero-order valence-electron chi connectivity index (χ0n) is 14.2. The molecule has 2 N–H and O–H groups in total. The van der Waals surface area contributed by atoms with Gasteiger partial charge in [-0.2, -0.15) is 5.10 Å². The number of carbonyl (C=O) groups excluding carboxylic acids is 3. The Morgan fingerprint density at radius 3 is 2.50 bits per heavy atom. The van der Waals surface area contributed by atoms with E-state index in [0.29, 0.717) is 16.9 Å². The normalized spacial score (nSPS) is 13.8. The predicted molar refractivity (Wildman–Crippen MR) is 99.1 cm³/mol. The van der Waals surface area contributed by atoms with Gasteiger partial charge in [0.1, 0.15) is 5.71 Å². The summed E-state index contributed by atoms with van der Waals surface area (Å²) in [7, 11) is 1.54. The molecule has 0 spiro atoms. The number of nitrogens with one attached hydrogen (secondary N) is 2. The SMILES string of the molecule is CNC(=O)c1cccc(NC(=O)C2=NN(c3ccccc3)C(=O)CC2)c1. The second-order valence-corrected chi connectivity index (χ2v) is 5.70. The van der Waals surface area contributed by atoms with E-state index in [9.17, 15) is 14.4 Å². The van der Waals surface area contributed by atoms with Crippen LogP contribution in [0.25, 0.3) is 0 Å². The van der Waals surface area contributed by atoms with Crippen molar-refractivity contribution >= 4 is 34.8 Å². The Balaban J connectivity index is 1.79. The van der Waals surface area contributed by atoms with E-state index < -0.39 is 5.91 Å². The maximum absolute atomic E-state index is 12.5. The first-order valence-electron chi connectivity index (χ1n) is 8.17. The third-order valence-corrected chi connectivity index (χ3v) is 3.91. The molecule has 1 heterocycles. The van der Waals surface area contributed by atoms with Crippen LogP contribution in [0.1, 0.15) is 23.2 Å². The van der Waals surface area contributed by atoms with Gasteiger partial charge in [-0.1, -0.05) is 24.3 Å². The van der Waals surface area contributed by atoms with Crippen molar-refractivity contribution in [3.8, 4) is 0 Å². The standard InChI is InChI=1S/C19H18N4O3/c1-20-18(25)13-6-5-7-14(12-13)21-19(26)16-10-11-17(24)23(22-16)15-8-3-2-4-9-15/h2-9,12H,10-11H2,1H3,(H,20,25)(H,21,26). The fourth-order valence-electron chi connectivity index (χ4n) is 2.57. The Morgan fingerprint density at radius 1 is 1.00 bits per heavy atom. The van der Waals surface area contributed by atoms with Gasteiger partial charge in [0.2, 0.25) is 5.91 Å². The monoisotopic (exact) mass is 350 g/mol. The second-order valence-electron chi connectivity index (χ2n) is 5.70. The Hall–Kier alpha value is -3.48. The van der Waals surface area contributed by atoms with Gasteiger partial charge in [-0.3, -0.25) is 14.4 Å². The molecule has 1 aliphatic heterocycles. The van der Waals surface area contributed by atoms with Crippen molar-refractivity contribution in [2.75, 3.05) is 17.4 Å². The first kappa shape index (κ1) is 17.3. The van der Waals surface area contributed by atoms with Gasteiger partial charge in [0, 0.05) is 31.1 Å². The largest absolute Gasteiger partial charge is 0.355 e. The molecule has 3 amide bonds. The zero-order chi connectivity index (χ0) is 18.5. The average Bonchev–Trinajstić information content (AvgIpc) is 2.68. The number of hydrogen-bond donors (Lipinski definition) is 2. The van der Waals surface area contributed by atoms with Crippen molar-refractivity contribution in [1.82, 2.24) is 5.32 Å². The highest BCUT2D eigenvalue weighted by Gasteiger charge is 2.25. The van der Waals surface area contributed by atoms with E-state index in [4.69, 9.17) is 0 Å². The van der Waals surface area contributed by atoms with Crippen molar-refractivity contribution in [3.63, 3.8) is 0 Å². The Morgan fingerprint density at radius 2 is 1.77 bits per heavy atom. The van der Waals surface area contributed by atoms with Gasteiger partial charge in [0.25, 0.3) is 11.8 Å². The molecule has 0 saturated heterocycles. The van der Waals surface area contributed by atoms with Crippen molar-refractivity contribution < 1.29 is 14.4 Å². The van der Waals surface area contributed by atoms with Crippen LogP contribution in [0.15, 0.2) is 59.7 Å². The van der Waals surface area contributed by atoms with Gasteiger partial charge >= 0.3 is 0 Å². The van der Waals surface area contributed by atoms with Gasteiger partial charge in [0.15, 0.2) is 0 Å². The molecule has 0 aromatic heterocycles. The third-order valence-electron chi connectivity index (χ3n) is 3.91. The van der Waals surface area contributed by atoms with Crippen LogP contribution < -0.4 is 15.6 Å². The number of anilines is 2. The third kappa shape index (κ3) is 3.77. The molecule has 0 radical (unpaired) electrons. The smallest absolute Gasteiger partial charge is 0.271 e. The van der Waals surface area contributed by atoms with E-state index in [1.165, 1.54) is 5.01 Å². The topological polar surface area (TPSA) is 90.9 Å². The maximum Gasteiger partial charge on any atom is 0.271 e. The summed E-state index contributed by atoms with van der Waals surface area (Å²) in [4.78, 5) is 36.3. The number of carbonyl (C=O) groups is 3. The number of benzene rings is 2. The average molecular weight is 350 g/mol. The van der Waals surface area contributed by atoms with Crippen molar-refractivity contribution in [3.05, 3.63) is 60.2 Å². The van der Waals surface area contributed by atoms with Gasteiger partial charge < -0.3 is 10.6 Å². The molecule has 26 heavy (non-hydrogen) atoms. The lowest BCUT2D eigenvalue weighted by atomic mass is 10.1. The summed E-state index contributed by atoms with van der Waals surface area (Å²) in [5, 5.41) is 10.7. The summed E-state index contributed by atoms with van der Waals surface area (Å²) in [5.74, 6) is -0.793. The minimum absolute atomic E-state index is 0.158. The summed E-state index contributed by atoms with van der Waals surface area (Å²) >= 11 is 0. The van der Waals surface area contributed by atoms with Crippen molar-refractivity contribution in [2.24, 2.45) is 5.10 Å². The van der Waals surface area contributed by atoms with Crippen LogP contribution in [0.5, 0.6) is 0 Å². The fraction of sp³-hybridized carbons (Fsp3) is 0.158. The first-order chi connectivity index (χ1) is 12.6. The summed E-state index contributed by atoms with van der Waals surface area (Å²) in [5.41, 5.74) is 1.81. The molecular weight excluding hydrogens is 332 g/mol. The van der Waals surface area contributed by atoms with Gasteiger partial charge in [-0.25, -0.2) is 5.01 Å². The van der Waals surface area contributed by atoms with Gasteiger partial charge in [-0.05, 0) is 30.3 Å². The molecule has 2 aromatic rings. The van der Waals surface area contributed by atoms with Gasteiger partial charge in [-0.15, -0.1) is 0 Å². The summed E-state index contributed by atoms with van der Waals surface area (Å²) in [6, 6.07) is 15.6. The van der Waals surface area contributed by atoms with E-state index in [1.54, 1.807) is 55.6 Å². The van der Waals surface area contributed by atoms with Crippen molar-refractivity contribution in [1.29, 1.82) is 0 Å². The van der Waals surface area contributed by atoms with Crippen LogP contribution >= 0.6 is 0 Å². The minimum atomic E-state index is -0.396. The van der Waals surface area contributed by atoms with Crippen LogP contribution in [0.4, 0.5) is 11.4 Å². The molecule has 7 heteroatoms. The van der Waals surface area contributed by atoms with E-state index >= 15 is 0 Å². The lowest BCUT2D eigenvalue weighted by molar-refractivity contribution is -0.118. The lowest BCUT2D eigenvalue weighted by Crippen LogP contribution is -2.36. The number of rotatable bonds is 4. The Bertz CT molecular complexity index is 877. The second kappa shape index (κ2) is 7.60. The molecule has 2 aromatic carbocycles. The number of hydrogen-bond acceptors (Lipinski definition) is 4. The zero-order valence-corrected chi connectivity index (χ0v) is 14.2. The molecule has 7 nitrogen and oxygen atoms in total. The van der Waals surface area contributed by atoms with E-state index in [1.807, 2.05) is 6.07 Å². The van der Waals surface area contributed by atoms with E-state index in [0.717, 1.165) is 0 Å². The molecule has 0 aliphatic carbocycles. The van der Waals surface area contributed by atoms with Crippen LogP contribution in [0.2, 0.25) is 0 Å². The Kier molecular flexibility index (Phi) is 5.07. The number of nitrogens with zero attached hydrogens (tertiary/aromatic N) is 2. The lowest BCUT2D eigenvalue weighted by Gasteiger charge is -2.23. The molecule has 0 unspecified atom stereocenters. The van der Waals surface area contributed by atoms with E-state index in [2.05, 4.69) is 15.7 Å². The summed E-state index contributed by atoms with van der Waals surface area (Å²) in [6.07, 6.45) is 0.475. The quantitative estimate of drug-likeness (QED) is 0.885. The van der Waals surface area contributed by atoms with Crippen molar-refractivity contribution in [2.45, 2.75) is 12.8 Å². The molecule has 0 fully saturated rings. The van der Waals surface area contributed by atoms with Gasteiger partial charge in [0.05, 0.1) is 5.69 Å². The fourth-order valence-corrected chi connectivity index (χ4v) is 2.57. The summed E-state index contributed by atoms with van der Waals surface area (Å²) in [6.45, 7) is 0. The molecule has 0 bridgehead atoms. The summed E-state index contributed by atoms with van der Waals surface area (Å²) < 4.78 is 0. The molecule has 0 atom stereocenters. The molecule has 0 saturated carbocycles. The highest BCUT2D eigenvalue weighted by atomic mass is 16.2. The van der Waals surface area contributed by atoms with Crippen LogP contribution in [0.3, 0.4) is 0 Å². The van der Waals surface area contributed by atoms with Crippen LogP contribution in [-0.4, -0.2) is 30.5 Å². The highest BCUT2D eigenvalue weighted by molar-refractivity contribution is 6.44. The number of amides is 3. The Labute approximate surface area is 150 Å². The molecule has 3 rings (SSSR count).